The van der Waals surface area contributed by atoms with Gasteiger partial charge in [-0.25, -0.2) is 0 Å². The van der Waals surface area contributed by atoms with Crippen LogP contribution in [0.2, 0.25) is 5.02 Å². The summed E-state index contributed by atoms with van der Waals surface area (Å²) in [6.45, 7) is 0.408. The first-order valence-electron chi connectivity index (χ1n) is 8.14. The van der Waals surface area contributed by atoms with Gasteiger partial charge in [-0.05, 0) is 49.6 Å². The van der Waals surface area contributed by atoms with Crippen LogP contribution in [0.1, 0.15) is 24.8 Å². The van der Waals surface area contributed by atoms with Crippen molar-refractivity contribution in [3.8, 4) is 5.75 Å². The lowest BCUT2D eigenvalue weighted by Gasteiger charge is -2.12. The van der Waals surface area contributed by atoms with Crippen molar-refractivity contribution in [1.82, 2.24) is 0 Å². The van der Waals surface area contributed by atoms with Gasteiger partial charge in [0.25, 0.3) is 0 Å². The molecule has 2 unspecified atom stereocenters. The average molecular weight is 345 g/mol. The van der Waals surface area contributed by atoms with Gasteiger partial charge in [0.05, 0.1) is 0 Å². The molecule has 1 aliphatic carbocycles. The molecule has 4 nitrogen and oxygen atoms in total. The zero-order valence-corrected chi connectivity index (χ0v) is 14.1. The van der Waals surface area contributed by atoms with Gasteiger partial charge in [0.15, 0.2) is 0 Å². The van der Waals surface area contributed by atoms with E-state index in [1.807, 2.05) is 48.5 Å². The molecular weight excluding hydrogens is 324 g/mol. The Balaban J connectivity index is 1.53. The molecule has 0 saturated heterocycles. The molecular formula is C19H21ClN2O2. The number of hydrogen-bond acceptors (Lipinski definition) is 3. The van der Waals surface area contributed by atoms with E-state index in [1.54, 1.807) is 0 Å². The van der Waals surface area contributed by atoms with Gasteiger partial charge in [-0.15, -0.1) is 0 Å². The molecule has 1 aliphatic rings. The molecule has 3 rings (SSSR count). The minimum atomic E-state index is 0.0242. The Morgan fingerprint density at radius 3 is 2.58 bits per heavy atom. The van der Waals surface area contributed by atoms with E-state index in [1.165, 1.54) is 0 Å². The monoisotopic (exact) mass is 344 g/mol. The minimum absolute atomic E-state index is 0.0242. The number of nitrogens with two attached hydrogens (primary N) is 1. The quantitative estimate of drug-likeness (QED) is 0.862. The maximum Gasteiger partial charge on any atom is 0.227 e. The molecule has 126 valence electrons. The van der Waals surface area contributed by atoms with Gasteiger partial charge < -0.3 is 15.8 Å². The van der Waals surface area contributed by atoms with Crippen LogP contribution in [0.25, 0.3) is 0 Å². The highest BCUT2D eigenvalue weighted by molar-refractivity contribution is 6.31. The summed E-state index contributed by atoms with van der Waals surface area (Å²) in [4.78, 5) is 12.2. The molecule has 0 bridgehead atoms. The molecule has 3 N–H and O–H groups in total. The summed E-state index contributed by atoms with van der Waals surface area (Å²) in [7, 11) is 0. The van der Waals surface area contributed by atoms with Crippen molar-refractivity contribution >= 4 is 23.2 Å². The largest absolute Gasteiger partial charge is 0.489 e. The fraction of sp³-hybridized carbons (Fsp3) is 0.316. The van der Waals surface area contributed by atoms with E-state index < -0.39 is 0 Å². The second kappa shape index (κ2) is 7.69. The van der Waals surface area contributed by atoms with Gasteiger partial charge in [0.1, 0.15) is 12.4 Å². The van der Waals surface area contributed by atoms with Crippen molar-refractivity contribution < 1.29 is 9.53 Å². The summed E-state index contributed by atoms with van der Waals surface area (Å²) < 4.78 is 5.73. The summed E-state index contributed by atoms with van der Waals surface area (Å²) in [5.41, 5.74) is 7.57. The molecule has 0 aromatic heterocycles. The number of benzene rings is 2. The number of halogens is 1. The second-order valence-electron chi connectivity index (χ2n) is 6.16. The average Bonchev–Trinajstić information content (AvgIpc) is 3.02. The minimum Gasteiger partial charge on any atom is -0.489 e. The van der Waals surface area contributed by atoms with Crippen LogP contribution in [0.3, 0.4) is 0 Å². The zero-order valence-electron chi connectivity index (χ0n) is 13.4. The van der Waals surface area contributed by atoms with Gasteiger partial charge >= 0.3 is 0 Å². The molecule has 2 aromatic rings. The number of ether oxygens (including phenoxy) is 1. The fourth-order valence-corrected chi connectivity index (χ4v) is 3.10. The zero-order chi connectivity index (χ0) is 16.9. The third-order valence-electron chi connectivity index (χ3n) is 4.32. The molecule has 24 heavy (non-hydrogen) atoms. The first-order chi connectivity index (χ1) is 11.6. The standard InChI is InChI=1S/C19H21ClN2O2/c20-18-4-2-1-3-14(18)12-24-17-9-7-16(8-10-17)22-19(23)13-5-6-15(21)11-13/h1-4,7-10,13,15H,5-6,11-12,21H2,(H,22,23). The maximum atomic E-state index is 12.2. The Morgan fingerprint density at radius 2 is 1.92 bits per heavy atom. The predicted molar refractivity (Wildman–Crippen MR) is 96.2 cm³/mol. The number of carbonyl (C=O) groups excluding carboxylic acids is 1. The number of anilines is 1. The third kappa shape index (κ3) is 4.28. The number of hydrogen-bond donors (Lipinski definition) is 2. The first kappa shape index (κ1) is 16.8. The Kier molecular flexibility index (Phi) is 5.38. The van der Waals surface area contributed by atoms with Crippen molar-refractivity contribution in [1.29, 1.82) is 0 Å². The lowest BCUT2D eigenvalue weighted by atomic mass is 10.1. The lowest BCUT2D eigenvalue weighted by molar-refractivity contribution is -0.119. The smallest absolute Gasteiger partial charge is 0.227 e. The van der Waals surface area contributed by atoms with Gasteiger partial charge in [0.2, 0.25) is 5.91 Å². The molecule has 0 heterocycles. The van der Waals surface area contributed by atoms with Gasteiger partial charge in [-0.1, -0.05) is 29.8 Å². The number of amides is 1. The summed E-state index contributed by atoms with van der Waals surface area (Å²) >= 11 is 6.11. The summed E-state index contributed by atoms with van der Waals surface area (Å²) in [6.07, 6.45) is 2.56. The first-order valence-corrected chi connectivity index (χ1v) is 8.52. The van der Waals surface area contributed by atoms with Crippen LogP contribution in [-0.2, 0) is 11.4 Å². The number of nitrogens with one attached hydrogen (secondary N) is 1. The van der Waals surface area contributed by atoms with E-state index in [2.05, 4.69) is 5.32 Å². The van der Waals surface area contributed by atoms with Gasteiger partial charge in [-0.3, -0.25) is 4.79 Å². The van der Waals surface area contributed by atoms with Crippen molar-refractivity contribution in [3.63, 3.8) is 0 Å². The number of carbonyl (C=O) groups is 1. The molecule has 0 spiro atoms. The van der Waals surface area contributed by atoms with Crippen molar-refractivity contribution in [2.75, 3.05) is 5.32 Å². The van der Waals surface area contributed by atoms with E-state index in [0.29, 0.717) is 11.6 Å². The molecule has 1 saturated carbocycles. The van der Waals surface area contributed by atoms with E-state index in [4.69, 9.17) is 22.1 Å². The predicted octanol–water partition coefficient (Wildman–Crippen LogP) is 3.98. The Morgan fingerprint density at radius 1 is 1.17 bits per heavy atom. The van der Waals surface area contributed by atoms with Gasteiger partial charge in [-0.2, -0.15) is 0 Å². The van der Waals surface area contributed by atoms with E-state index >= 15 is 0 Å². The Bertz CT molecular complexity index is 703. The lowest BCUT2D eigenvalue weighted by Crippen LogP contribution is -2.23. The van der Waals surface area contributed by atoms with E-state index in [0.717, 1.165) is 36.3 Å². The Labute approximate surface area is 147 Å². The highest BCUT2D eigenvalue weighted by atomic mass is 35.5. The maximum absolute atomic E-state index is 12.2. The SMILES string of the molecule is NC1CCC(C(=O)Nc2ccc(OCc3ccccc3Cl)cc2)C1. The topological polar surface area (TPSA) is 64.4 Å². The highest BCUT2D eigenvalue weighted by Crippen LogP contribution is 2.26. The molecule has 1 amide bonds. The van der Waals surface area contributed by atoms with Crippen LogP contribution >= 0.6 is 11.6 Å². The van der Waals surface area contributed by atoms with Crippen LogP contribution in [0.5, 0.6) is 5.75 Å². The fourth-order valence-electron chi connectivity index (χ4n) is 2.91. The summed E-state index contributed by atoms with van der Waals surface area (Å²) in [5, 5.41) is 3.63. The van der Waals surface area contributed by atoms with Crippen LogP contribution in [0.15, 0.2) is 48.5 Å². The second-order valence-corrected chi connectivity index (χ2v) is 6.57. The van der Waals surface area contributed by atoms with Crippen molar-refractivity contribution in [2.24, 2.45) is 11.7 Å². The molecule has 2 atom stereocenters. The van der Waals surface area contributed by atoms with Crippen LogP contribution in [0.4, 0.5) is 5.69 Å². The highest BCUT2D eigenvalue weighted by Gasteiger charge is 2.27. The molecule has 2 aromatic carbocycles. The van der Waals surface area contributed by atoms with Crippen LogP contribution in [0, 0.1) is 5.92 Å². The van der Waals surface area contributed by atoms with Crippen molar-refractivity contribution in [3.05, 3.63) is 59.1 Å². The summed E-state index contributed by atoms with van der Waals surface area (Å²) in [6, 6.07) is 15.1. The molecule has 0 aliphatic heterocycles. The molecule has 0 radical (unpaired) electrons. The normalized spacial score (nSPS) is 19.9. The van der Waals surface area contributed by atoms with Crippen LogP contribution < -0.4 is 15.8 Å². The molecule has 1 fully saturated rings. The van der Waals surface area contributed by atoms with Gasteiger partial charge in [0, 0.05) is 28.2 Å². The molecule has 5 heteroatoms. The van der Waals surface area contributed by atoms with E-state index in [-0.39, 0.29) is 17.9 Å². The van der Waals surface area contributed by atoms with Crippen LogP contribution in [-0.4, -0.2) is 11.9 Å². The van der Waals surface area contributed by atoms with E-state index in [9.17, 15) is 4.79 Å². The van der Waals surface area contributed by atoms with Crippen molar-refractivity contribution in [2.45, 2.75) is 31.9 Å². The number of rotatable bonds is 5. The Hall–Kier alpha value is -2.04. The summed E-state index contributed by atoms with van der Waals surface area (Å²) in [5.74, 6) is 0.805. The third-order valence-corrected chi connectivity index (χ3v) is 4.69.